The molecule has 5 fully saturated rings. The maximum absolute atomic E-state index is 14.8. The van der Waals surface area contributed by atoms with Crippen LogP contribution in [0, 0.1) is 23.7 Å². The molecule has 4 aliphatic heterocycles. The number of hydrogen-bond donors (Lipinski definition) is 2. The summed E-state index contributed by atoms with van der Waals surface area (Å²) < 4.78 is 18.0. The maximum Gasteiger partial charge on any atom is 0.333 e. The van der Waals surface area contributed by atoms with Gasteiger partial charge in [0.1, 0.15) is 17.7 Å². The number of piperidine rings is 1. The van der Waals surface area contributed by atoms with E-state index in [-0.39, 0.29) is 116 Å². The number of carbonyl (C=O) groups is 10. The quantitative estimate of drug-likeness (QED) is 0.0782. The van der Waals surface area contributed by atoms with E-state index in [0.29, 0.717) is 89.3 Å². The van der Waals surface area contributed by atoms with E-state index < -0.39 is 65.6 Å². The molecule has 4 heterocycles. The number of methoxy groups -OCH3 is 2. The number of carbonyl (C=O) groups excluding carboxylic acids is 10. The Kier molecular flexibility index (Phi) is 25.3. The van der Waals surface area contributed by atoms with Gasteiger partial charge in [0, 0.05) is 98.3 Å². The number of hydroxylamine groups is 4. The fourth-order valence-corrected chi connectivity index (χ4v) is 12.8. The van der Waals surface area contributed by atoms with Crippen LogP contribution in [0.1, 0.15) is 163 Å². The van der Waals surface area contributed by atoms with Gasteiger partial charge in [0.15, 0.2) is 0 Å². The molecular weight excluding hydrogens is 1100 g/mol. The van der Waals surface area contributed by atoms with Gasteiger partial charge in [-0.2, -0.15) is 0 Å². The van der Waals surface area contributed by atoms with Gasteiger partial charge in [-0.25, -0.2) is 9.86 Å². The van der Waals surface area contributed by atoms with Crippen LogP contribution < -0.4 is 10.6 Å². The molecule has 474 valence electrons. The highest BCUT2D eigenvalue weighted by atomic mass is 16.7. The molecule has 23 heteroatoms. The summed E-state index contributed by atoms with van der Waals surface area (Å²) in [6.45, 7) is 15.8. The Morgan fingerprint density at radius 3 is 2.04 bits per heavy atom. The minimum atomic E-state index is -1.18. The summed E-state index contributed by atoms with van der Waals surface area (Å²) in [5.74, 6) is -5.51. The van der Waals surface area contributed by atoms with Crippen molar-refractivity contribution in [3.63, 3.8) is 0 Å². The Hall–Kier alpha value is -6.04. The van der Waals surface area contributed by atoms with Gasteiger partial charge >= 0.3 is 11.9 Å². The van der Waals surface area contributed by atoms with Gasteiger partial charge in [-0.05, 0) is 81.9 Å². The summed E-state index contributed by atoms with van der Waals surface area (Å²) in [6.07, 6.45) is 3.72. The van der Waals surface area contributed by atoms with Crippen molar-refractivity contribution in [3.8, 4) is 0 Å². The third-order valence-corrected chi connectivity index (χ3v) is 17.9. The molecular formula is C62H96N8O15. The van der Waals surface area contributed by atoms with Crippen LogP contribution in [0.2, 0.25) is 0 Å². The van der Waals surface area contributed by atoms with Crippen molar-refractivity contribution in [1.82, 2.24) is 40.4 Å². The first-order valence-corrected chi connectivity index (χ1v) is 31.0. The Balaban J connectivity index is 0.996. The van der Waals surface area contributed by atoms with Crippen molar-refractivity contribution in [1.29, 1.82) is 0 Å². The Bertz CT molecular complexity index is 2470. The van der Waals surface area contributed by atoms with E-state index in [0.717, 1.165) is 18.4 Å². The molecule has 6 rings (SSSR count). The molecule has 5 aliphatic rings. The number of imide groups is 1. The maximum atomic E-state index is 14.8. The van der Waals surface area contributed by atoms with E-state index in [1.807, 2.05) is 83.8 Å². The van der Waals surface area contributed by atoms with Crippen molar-refractivity contribution in [2.24, 2.45) is 23.7 Å². The summed E-state index contributed by atoms with van der Waals surface area (Å²) in [4.78, 5) is 151. The van der Waals surface area contributed by atoms with Crippen molar-refractivity contribution in [3.05, 3.63) is 35.9 Å². The average molecular weight is 1190 g/mol. The van der Waals surface area contributed by atoms with Crippen LogP contribution in [0.25, 0.3) is 0 Å². The molecule has 0 radical (unpaired) electrons. The molecule has 7 unspecified atom stereocenters. The second kappa shape index (κ2) is 31.6. The van der Waals surface area contributed by atoms with Crippen molar-refractivity contribution in [2.45, 2.75) is 205 Å². The predicted octanol–water partition coefficient (Wildman–Crippen LogP) is 4.69. The second-order valence-electron chi connectivity index (χ2n) is 24.6. The zero-order valence-corrected chi connectivity index (χ0v) is 52.2. The first-order chi connectivity index (χ1) is 40.5. The lowest BCUT2D eigenvalue weighted by Gasteiger charge is -2.41. The molecule has 23 nitrogen and oxygen atoms in total. The normalized spacial score (nSPS) is 22.6. The van der Waals surface area contributed by atoms with Crippen molar-refractivity contribution < 1.29 is 71.8 Å². The molecule has 2 N–H and O–H groups in total. The van der Waals surface area contributed by atoms with Crippen LogP contribution in [0.5, 0.6) is 0 Å². The molecule has 10 atom stereocenters. The van der Waals surface area contributed by atoms with Gasteiger partial charge in [0.05, 0.1) is 49.3 Å². The van der Waals surface area contributed by atoms with E-state index >= 15 is 0 Å². The Labute approximate surface area is 502 Å². The minimum absolute atomic E-state index is 0.00306. The third kappa shape index (κ3) is 17.4. The lowest BCUT2D eigenvalue weighted by Crippen LogP contribution is -2.60. The van der Waals surface area contributed by atoms with E-state index in [2.05, 4.69) is 10.6 Å². The third-order valence-electron chi connectivity index (χ3n) is 17.9. The molecule has 1 aromatic carbocycles. The van der Waals surface area contributed by atoms with Crippen LogP contribution in [0.15, 0.2) is 30.3 Å². The zero-order valence-electron chi connectivity index (χ0n) is 52.2. The van der Waals surface area contributed by atoms with Crippen LogP contribution in [-0.2, 0) is 71.8 Å². The van der Waals surface area contributed by atoms with Gasteiger partial charge in [-0.1, -0.05) is 85.2 Å². The number of likely N-dealkylation sites (N-methyl/N-ethyl adjacent to an activating group) is 2. The lowest BCUT2D eigenvalue weighted by molar-refractivity contribution is -0.200. The molecule has 8 amide bonds. The molecule has 4 saturated heterocycles. The average Bonchev–Trinajstić information content (AvgIpc) is 1.97. The fraction of sp³-hybridized carbons (Fsp3) is 0.742. The Morgan fingerprint density at radius 1 is 0.765 bits per heavy atom. The number of likely N-dealkylation sites (tertiary alicyclic amines) is 2. The van der Waals surface area contributed by atoms with E-state index in [4.69, 9.17) is 23.9 Å². The first-order valence-electron chi connectivity index (χ1n) is 31.0. The van der Waals surface area contributed by atoms with Crippen LogP contribution in [-0.4, -0.2) is 205 Å². The summed E-state index contributed by atoms with van der Waals surface area (Å²) >= 11 is 0. The molecule has 0 aromatic heterocycles. The zero-order chi connectivity index (χ0) is 62.3. The molecule has 1 aliphatic carbocycles. The van der Waals surface area contributed by atoms with Crippen molar-refractivity contribution >= 4 is 59.2 Å². The van der Waals surface area contributed by atoms with Gasteiger partial charge in [-0.15, -0.1) is 5.06 Å². The van der Waals surface area contributed by atoms with Gasteiger partial charge in [0.2, 0.25) is 29.5 Å². The van der Waals surface area contributed by atoms with Crippen LogP contribution in [0.3, 0.4) is 0 Å². The number of esters is 1. The van der Waals surface area contributed by atoms with E-state index in [1.54, 1.807) is 28.7 Å². The number of ether oxygens (including phenoxy) is 3. The number of hydrogen-bond acceptors (Lipinski definition) is 16. The SMILES string of the molecule is CCC(C)C(C(CC(=O)N1CCC[C@H]1C(OC)C(C)C(=O)N[C@@]1(C(=O)N2CCCCO2)C[C@@H]1c1ccccc1)OC)N(C)C(=O)C(NC(=O)C(C(C)C)N(C)CCCC(=O)OC1CCN(C(=O)CCCC(=O)ON2C(=O)CCC2=O)CC1)C(C)C. The summed E-state index contributed by atoms with van der Waals surface area (Å²) in [7, 11) is 6.58. The van der Waals surface area contributed by atoms with E-state index in [1.165, 1.54) is 19.3 Å². The topological polar surface area (TPSA) is 260 Å². The van der Waals surface area contributed by atoms with Gasteiger partial charge in [0.25, 0.3) is 17.7 Å². The smallest absolute Gasteiger partial charge is 0.333 e. The van der Waals surface area contributed by atoms with Crippen LogP contribution in [0.4, 0.5) is 0 Å². The fourth-order valence-electron chi connectivity index (χ4n) is 12.8. The molecule has 1 saturated carbocycles. The van der Waals surface area contributed by atoms with Crippen LogP contribution >= 0.6 is 0 Å². The highest BCUT2D eigenvalue weighted by molar-refractivity contribution is 6.01. The molecule has 0 spiro atoms. The van der Waals surface area contributed by atoms with E-state index in [9.17, 15) is 47.9 Å². The predicted molar refractivity (Wildman–Crippen MR) is 312 cm³/mol. The number of nitrogens with one attached hydrogen (secondary N) is 2. The van der Waals surface area contributed by atoms with Crippen molar-refractivity contribution in [2.75, 3.05) is 67.6 Å². The molecule has 85 heavy (non-hydrogen) atoms. The first kappa shape index (κ1) is 68.1. The number of benzene rings is 1. The summed E-state index contributed by atoms with van der Waals surface area (Å²) in [6, 6.07) is 7.09. The molecule has 1 aromatic rings. The summed E-state index contributed by atoms with van der Waals surface area (Å²) in [5, 5.41) is 8.12. The second-order valence-corrected chi connectivity index (χ2v) is 24.6. The highest BCUT2D eigenvalue weighted by Crippen LogP contribution is 2.53. The monoisotopic (exact) mass is 1190 g/mol. The van der Waals surface area contributed by atoms with Gasteiger partial charge in [-0.3, -0.25) is 52.9 Å². The Morgan fingerprint density at radius 2 is 1.44 bits per heavy atom. The lowest BCUT2D eigenvalue weighted by atomic mass is 9.89. The van der Waals surface area contributed by atoms with Gasteiger partial charge < -0.3 is 44.4 Å². The minimum Gasteiger partial charge on any atom is -0.462 e. The number of amides is 8. The molecule has 0 bridgehead atoms. The largest absolute Gasteiger partial charge is 0.462 e. The number of rotatable bonds is 30. The number of nitrogens with zero attached hydrogens (tertiary/aromatic N) is 6. The standard InChI is InChI=1S/C62H96N8O15/c1-12-41(6)56(47(81-10)37-51(74)68-32-19-23-46(68)57(82-11)42(7)58(77)64-62(61(80)69-33-16-17-36-83-69)38-45(62)43-21-14-13-15-22-43)66(9)60(79)54(39(2)3)63-59(78)55(40(4)5)65(8)31-20-26-52(75)84-44-29-34-67(35-30-44)48(71)24-18-25-53(76)85-70-49(72)27-28-50(70)73/h13-15,21-22,39-42,44-47,54-57H,12,16-20,23-38H2,1-11H3,(H,63,78)(H,64,77)/t41?,42?,45-,46+,47?,54?,55?,56?,57?,62+/m1/s1. The summed E-state index contributed by atoms with van der Waals surface area (Å²) in [5.41, 5.74) is -0.226. The highest BCUT2D eigenvalue weighted by Gasteiger charge is 2.64.